The summed E-state index contributed by atoms with van der Waals surface area (Å²) in [6, 6.07) is 8.55. The molecule has 0 aromatic heterocycles. The van der Waals surface area contributed by atoms with Gasteiger partial charge in [0.05, 0.1) is 18.8 Å². The molecule has 20 heavy (non-hydrogen) atoms. The molecule has 1 fully saturated rings. The summed E-state index contributed by atoms with van der Waals surface area (Å²) in [7, 11) is 0. The van der Waals surface area contributed by atoms with E-state index in [1.165, 1.54) is 31.2 Å². The molecule has 3 rings (SSSR count). The molecular formula is C17H25NO2. The predicted octanol–water partition coefficient (Wildman–Crippen LogP) is 3.45. The van der Waals surface area contributed by atoms with Crippen molar-refractivity contribution in [2.24, 2.45) is 0 Å². The summed E-state index contributed by atoms with van der Waals surface area (Å²) in [5, 5.41) is 3.60. The van der Waals surface area contributed by atoms with Crippen LogP contribution in [0.2, 0.25) is 0 Å². The van der Waals surface area contributed by atoms with Crippen molar-refractivity contribution in [3.63, 3.8) is 0 Å². The fraction of sp³-hybridized carbons (Fsp3) is 0.647. The molecule has 1 N–H and O–H groups in total. The zero-order valence-electron chi connectivity index (χ0n) is 12.5. The Kier molecular flexibility index (Phi) is 3.99. The molecule has 1 heterocycles. The molecule has 2 aliphatic rings. The van der Waals surface area contributed by atoms with Gasteiger partial charge >= 0.3 is 0 Å². The molecule has 110 valence electrons. The topological polar surface area (TPSA) is 30.5 Å². The van der Waals surface area contributed by atoms with Gasteiger partial charge in [-0.25, -0.2) is 0 Å². The van der Waals surface area contributed by atoms with Crippen LogP contribution >= 0.6 is 0 Å². The molecule has 0 amide bonds. The van der Waals surface area contributed by atoms with E-state index in [2.05, 4.69) is 31.3 Å². The third-order valence-electron chi connectivity index (χ3n) is 4.40. The van der Waals surface area contributed by atoms with E-state index in [1.54, 1.807) is 0 Å². The summed E-state index contributed by atoms with van der Waals surface area (Å²) >= 11 is 0. The van der Waals surface area contributed by atoms with Gasteiger partial charge in [-0.05, 0) is 32.8 Å². The molecule has 1 saturated carbocycles. The average Bonchev–Trinajstić information content (AvgIpc) is 3.00. The van der Waals surface area contributed by atoms with Gasteiger partial charge in [0.1, 0.15) is 11.4 Å². The van der Waals surface area contributed by atoms with Gasteiger partial charge in [-0.3, -0.25) is 0 Å². The maximum absolute atomic E-state index is 6.03. The fourth-order valence-corrected chi connectivity index (χ4v) is 3.37. The number of fused-ring (bicyclic) bond motifs is 1. The first kappa shape index (κ1) is 13.9. The number of hydrogen-bond donors (Lipinski definition) is 1. The summed E-state index contributed by atoms with van der Waals surface area (Å²) in [5.41, 5.74) is 1.07. The van der Waals surface area contributed by atoms with Gasteiger partial charge in [0, 0.05) is 12.1 Å². The van der Waals surface area contributed by atoms with Crippen LogP contribution in [0.5, 0.6) is 5.75 Å². The summed E-state index contributed by atoms with van der Waals surface area (Å²) in [6.45, 7) is 5.95. The third-order valence-corrected chi connectivity index (χ3v) is 4.40. The van der Waals surface area contributed by atoms with Crippen LogP contribution in [0, 0.1) is 0 Å². The van der Waals surface area contributed by atoms with Gasteiger partial charge in [0.15, 0.2) is 0 Å². The van der Waals surface area contributed by atoms with Crippen molar-refractivity contribution in [1.82, 2.24) is 5.32 Å². The van der Waals surface area contributed by atoms with E-state index < -0.39 is 0 Å². The van der Waals surface area contributed by atoms with Crippen molar-refractivity contribution in [1.29, 1.82) is 0 Å². The minimum Gasteiger partial charge on any atom is -0.486 e. The van der Waals surface area contributed by atoms with E-state index in [9.17, 15) is 0 Å². The Balaban J connectivity index is 1.53. The standard InChI is InChI=1S/C17H25NO2/c1-17(2)16(14-9-5-6-10-15(14)20-17)18-11-12-19-13-7-3-4-8-13/h5-6,9-10,13,16,18H,3-4,7-8,11-12H2,1-2H3. The van der Waals surface area contributed by atoms with Gasteiger partial charge in [0.2, 0.25) is 0 Å². The van der Waals surface area contributed by atoms with Crippen molar-refractivity contribution < 1.29 is 9.47 Å². The molecule has 3 heteroatoms. The minimum atomic E-state index is -0.197. The third kappa shape index (κ3) is 2.84. The Bertz CT molecular complexity index is 452. The van der Waals surface area contributed by atoms with Crippen molar-refractivity contribution in [2.45, 2.75) is 57.3 Å². The van der Waals surface area contributed by atoms with E-state index in [0.29, 0.717) is 6.10 Å². The maximum Gasteiger partial charge on any atom is 0.125 e. The highest BCUT2D eigenvalue weighted by atomic mass is 16.5. The normalized spacial score (nSPS) is 24.6. The molecule has 0 radical (unpaired) electrons. The number of rotatable bonds is 5. The second-order valence-electron chi connectivity index (χ2n) is 6.41. The molecule has 1 aromatic carbocycles. The highest BCUT2D eigenvalue weighted by Gasteiger charge is 2.40. The van der Waals surface area contributed by atoms with Gasteiger partial charge in [-0.1, -0.05) is 31.0 Å². The van der Waals surface area contributed by atoms with Crippen molar-refractivity contribution in [3.05, 3.63) is 29.8 Å². The molecule has 1 aromatic rings. The molecule has 1 atom stereocenters. The Morgan fingerprint density at radius 3 is 2.80 bits per heavy atom. The molecular weight excluding hydrogens is 250 g/mol. The van der Waals surface area contributed by atoms with Crippen molar-refractivity contribution >= 4 is 0 Å². The Labute approximate surface area is 121 Å². The molecule has 1 aliphatic heterocycles. The van der Waals surface area contributed by atoms with Crippen LogP contribution in [-0.4, -0.2) is 24.9 Å². The van der Waals surface area contributed by atoms with Crippen LogP contribution < -0.4 is 10.1 Å². The highest BCUT2D eigenvalue weighted by Crippen LogP contribution is 2.42. The lowest BCUT2D eigenvalue weighted by molar-refractivity contribution is 0.0504. The van der Waals surface area contributed by atoms with Gasteiger partial charge < -0.3 is 14.8 Å². The Morgan fingerprint density at radius 1 is 1.25 bits per heavy atom. The number of ether oxygens (including phenoxy) is 2. The van der Waals surface area contributed by atoms with Gasteiger partial charge in [0.25, 0.3) is 0 Å². The van der Waals surface area contributed by atoms with E-state index in [4.69, 9.17) is 9.47 Å². The van der Waals surface area contributed by atoms with E-state index in [0.717, 1.165) is 18.9 Å². The second kappa shape index (κ2) is 5.74. The van der Waals surface area contributed by atoms with Crippen LogP contribution in [-0.2, 0) is 4.74 Å². The zero-order valence-corrected chi connectivity index (χ0v) is 12.5. The second-order valence-corrected chi connectivity index (χ2v) is 6.41. The molecule has 3 nitrogen and oxygen atoms in total. The predicted molar refractivity (Wildman–Crippen MR) is 80.1 cm³/mol. The summed E-state index contributed by atoms with van der Waals surface area (Å²) < 4.78 is 11.9. The fourth-order valence-electron chi connectivity index (χ4n) is 3.37. The number of benzene rings is 1. The smallest absolute Gasteiger partial charge is 0.125 e. The van der Waals surface area contributed by atoms with E-state index in [-0.39, 0.29) is 11.6 Å². The first-order chi connectivity index (χ1) is 9.67. The van der Waals surface area contributed by atoms with Crippen molar-refractivity contribution in [3.8, 4) is 5.75 Å². The summed E-state index contributed by atoms with van der Waals surface area (Å²) in [5.74, 6) is 1.01. The van der Waals surface area contributed by atoms with Gasteiger partial charge in [-0.2, -0.15) is 0 Å². The lowest BCUT2D eigenvalue weighted by atomic mass is 9.94. The van der Waals surface area contributed by atoms with Crippen LogP contribution in [0.4, 0.5) is 0 Å². The summed E-state index contributed by atoms with van der Waals surface area (Å²) in [6.07, 6.45) is 5.63. The van der Waals surface area contributed by atoms with Gasteiger partial charge in [-0.15, -0.1) is 0 Å². The zero-order chi connectivity index (χ0) is 14.0. The van der Waals surface area contributed by atoms with E-state index >= 15 is 0 Å². The SMILES string of the molecule is CC1(C)Oc2ccccc2C1NCCOC1CCCC1. The summed E-state index contributed by atoms with van der Waals surface area (Å²) in [4.78, 5) is 0. The Morgan fingerprint density at radius 2 is 2.00 bits per heavy atom. The monoisotopic (exact) mass is 275 g/mol. The highest BCUT2D eigenvalue weighted by molar-refractivity contribution is 5.42. The largest absolute Gasteiger partial charge is 0.486 e. The van der Waals surface area contributed by atoms with Crippen LogP contribution in [0.15, 0.2) is 24.3 Å². The molecule has 0 saturated heterocycles. The van der Waals surface area contributed by atoms with Crippen LogP contribution in [0.3, 0.4) is 0 Å². The Hall–Kier alpha value is -1.06. The number of nitrogens with one attached hydrogen (secondary N) is 1. The first-order valence-corrected chi connectivity index (χ1v) is 7.80. The molecule has 1 aliphatic carbocycles. The molecule has 1 unspecified atom stereocenters. The van der Waals surface area contributed by atoms with Crippen LogP contribution in [0.1, 0.15) is 51.1 Å². The van der Waals surface area contributed by atoms with Crippen molar-refractivity contribution in [2.75, 3.05) is 13.2 Å². The number of hydrogen-bond acceptors (Lipinski definition) is 3. The maximum atomic E-state index is 6.03. The lowest BCUT2D eigenvalue weighted by Crippen LogP contribution is -2.40. The average molecular weight is 275 g/mol. The minimum absolute atomic E-state index is 0.197. The number of para-hydroxylation sites is 1. The van der Waals surface area contributed by atoms with E-state index in [1.807, 2.05) is 12.1 Å². The first-order valence-electron chi connectivity index (χ1n) is 7.80. The molecule has 0 spiro atoms. The lowest BCUT2D eigenvalue weighted by Gasteiger charge is -2.27. The van der Waals surface area contributed by atoms with Crippen LogP contribution in [0.25, 0.3) is 0 Å². The quantitative estimate of drug-likeness (QED) is 0.835. The molecule has 0 bridgehead atoms.